The minimum atomic E-state index is -2.05. The highest BCUT2D eigenvalue weighted by Gasteiger charge is 2.54. The Morgan fingerprint density at radius 3 is 2.60 bits per heavy atom. The Morgan fingerprint density at radius 1 is 1.50 bits per heavy atom. The number of aliphatic hydroxyl groups is 3. The van der Waals surface area contributed by atoms with Crippen LogP contribution in [0.15, 0.2) is 0 Å². The zero-order valence-electron chi connectivity index (χ0n) is 11.6. The van der Waals surface area contributed by atoms with E-state index < -0.39 is 49.2 Å². The lowest BCUT2D eigenvalue weighted by atomic mass is 9.92. The molecule has 118 valence electrons. The van der Waals surface area contributed by atoms with Gasteiger partial charge in [-0.1, -0.05) is 6.92 Å². The molecular formula is C12H22O8. The van der Waals surface area contributed by atoms with Gasteiger partial charge in [-0.2, -0.15) is 0 Å². The number of rotatable bonds is 7. The van der Waals surface area contributed by atoms with E-state index in [4.69, 9.17) is 14.2 Å². The molecule has 1 aliphatic heterocycles. The van der Waals surface area contributed by atoms with Crippen LogP contribution in [-0.2, 0) is 19.0 Å². The Bertz CT molecular complexity index is 317. The van der Waals surface area contributed by atoms with Crippen LogP contribution >= 0.6 is 0 Å². The fourth-order valence-corrected chi connectivity index (χ4v) is 2.12. The van der Waals surface area contributed by atoms with Gasteiger partial charge in [-0.15, -0.1) is 0 Å². The Kier molecular flexibility index (Phi) is 6.31. The zero-order chi connectivity index (χ0) is 15.3. The number of methoxy groups -OCH3 is 1. The predicted octanol–water partition coefficient (Wildman–Crippen LogP) is -1.29. The van der Waals surface area contributed by atoms with Crippen molar-refractivity contribution in [2.24, 2.45) is 0 Å². The first kappa shape index (κ1) is 17.3. The molecule has 1 saturated heterocycles. The number of carboxylic acid groups (broad SMARTS) is 1. The van der Waals surface area contributed by atoms with Crippen LogP contribution in [0.1, 0.15) is 19.8 Å². The quantitative estimate of drug-likeness (QED) is 0.457. The van der Waals surface area contributed by atoms with Gasteiger partial charge in [0.25, 0.3) is 5.79 Å². The summed E-state index contributed by atoms with van der Waals surface area (Å²) in [7, 11) is 1.29. The molecule has 4 N–H and O–H groups in total. The molecular weight excluding hydrogens is 272 g/mol. The molecule has 1 heterocycles. The van der Waals surface area contributed by atoms with E-state index in [0.29, 0.717) is 6.42 Å². The monoisotopic (exact) mass is 294 g/mol. The predicted molar refractivity (Wildman–Crippen MR) is 66.0 cm³/mol. The van der Waals surface area contributed by atoms with Crippen LogP contribution in [0.25, 0.3) is 0 Å². The molecule has 0 unspecified atom stereocenters. The van der Waals surface area contributed by atoms with Gasteiger partial charge in [0, 0.05) is 13.5 Å². The second-order valence-corrected chi connectivity index (χ2v) is 4.71. The largest absolute Gasteiger partial charge is 0.477 e. The third kappa shape index (κ3) is 3.46. The third-order valence-corrected chi connectivity index (χ3v) is 3.25. The second-order valence-electron chi connectivity index (χ2n) is 4.71. The highest BCUT2D eigenvalue weighted by Crippen LogP contribution is 2.33. The van der Waals surface area contributed by atoms with Crippen molar-refractivity contribution in [1.82, 2.24) is 0 Å². The van der Waals surface area contributed by atoms with Gasteiger partial charge in [-0.25, -0.2) is 4.79 Å². The van der Waals surface area contributed by atoms with Crippen LogP contribution in [0.3, 0.4) is 0 Å². The van der Waals surface area contributed by atoms with Crippen molar-refractivity contribution < 1.29 is 39.4 Å². The van der Waals surface area contributed by atoms with Gasteiger partial charge in [0.15, 0.2) is 0 Å². The first-order valence-electron chi connectivity index (χ1n) is 6.46. The Hall–Kier alpha value is -0.770. The van der Waals surface area contributed by atoms with Crippen LogP contribution in [0.4, 0.5) is 0 Å². The molecule has 0 saturated carbocycles. The number of hydrogen-bond acceptors (Lipinski definition) is 7. The molecule has 0 aromatic carbocycles. The SMILES string of the molecule is CCCO[C@]1(C(=O)O)C[C@@H](O)[C@@H](O)[C@@H]([C@@H](CO)OC)O1. The molecule has 0 aromatic heterocycles. The molecule has 0 amide bonds. The van der Waals surface area contributed by atoms with E-state index in [-0.39, 0.29) is 6.61 Å². The molecule has 0 aliphatic carbocycles. The third-order valence-electron chi connectivity index (χ3n) is 3.25. The summed E-state index contributed by atoms with van der Waals surface area (Å²) in [4.78, 5) is 11.4. The molecule has 0 spiro atoms. The van der Waals surface area contributed by atoms with Crippen molar-refractivity contribution in [2.75, 3.05) is 20.3 Å². The van der Waals surface area contributed by atoms with Crippen LogP contribution in [0.5, 0.6) is 0 Å². The van der Waals surface area contributed by atoms with E-state index in [1.54, 1.807) is 6.92 Å². The molecule has 0 radical (unpaired) electrons. The summed E-state index contributed by atoms with van der Waals surface area (Å²) in [5.41, 5.74) is 0. The maximum Gasteiger partial charge on any atom is 0.364 e. The summed E-state index contributed by atoms with van der Waals surface area (Å²) >= 11 is 0. The van der Waals surface area contributed by atoms with E-state index in [1.807, 2.05) is 0 Å². The average Bonchev–Trinajstić information content (AvgIpc) is 2.42. The van der Waals surface area contributed by atoms with Crippen molar-refractivity contribution in [3.05, 3.63) is 0 Å². The topological polar surface area (TPSA) is 126 Å². The summed E-state index contributed by atoms with van der Waals surface area (Å²) in [6, 6.07) is 0. The van der Waals surface area contributed by atoms with Crippen molar-refractivity contribution in [1.29, 1.82) is 0 Å². The van der Waals surface area contributed by atoms with Crippen molar-refractivity contribution in [2.45, 2.75) is 50.0 Å². The average molecular weight is 294 g/mol. The van der Waals surface area contributed by atoms with E-state index in [1.165, 1.54) is 7.11 Å². The Balaban J connectivity index is 2.99. The number of carbonyl (C=O) groups is 1. The Labute approximate surface area is 116 Å². The summed E-state index contributed by atoms with van der Waals surface area (Å²) in [5, 5.41) is 38.3. The highest BCUT2D eigenvalue weighted by molar-refractivity contribution is 5.76. The standard InChI is InChI=1S/C12H22O8/c1-3-4-19-12(11(16)17)5-7(14)9(15)10(20-12)8(6-13)18-2/h7-10,13-15H,3-6H2,1-2H3,(H,16,17)/t7-,8-,9-,10-,12-/m1/s1. The fourth-order valence-electron chi connectivity index (χ4n) is 2.12. The maximum absolute atomic E-state index is 11.4. The molecule has 0 aromatic rings. The van der Waals surface area contributed by atoms with E-state index in [0.717, 1.165) is 0 Å². The number of ether oxygens (including phenoxy) is 3. The van der Waals surface area contributed by atoms with Gasteiger partial charge in [0.2, 0.25) is 0 Å². The molecule has 8 nitrogen and oxygen atoms in total. The summed E-state index contributed by atoms with van der Waals surface area (Å²) in [5.74, 6) is -3.44. The lowest BCUT2D eigenvalue weighted by molar-refractivity contribution is -0.325. The minimum Gasteiger partial charge on any atom is -0.477 e. The van der Waals surface area contributed by atoms with Gasteiger partial charge < -0.3 is 34.6 Å². The summed E-state index contributed by atoms with van der Waals surface area (Å²) in [6.07, 6.45) is -4.74. The normalized spacial score (nSPS) is 35.8. The molecule has 5 atom stereocenters. The molecule has 1 fully saturated rings. The van der Waals surface area contributed by atoms with Crippen molar-refractivity contribution >= 4 is 5.97 Å². The van der Waals surface area contributed by atoms with Gasteiger partial charge >= 0.3 is 5.97 Å². The minimum absolute atomic E-state index is 0.124. The van der Waals surface area contributed by atoms with Crippen LogP contribution in [0, 0.1) is 0 Å². The van der Waals surface area contributed by atoms with Gasteiger partial charge in [0.1, 0.15) is 18.3 Å². The maximum atomic E-state index is 11.4. The van der Waals surface area contributed by atoms with E-state index in [9.17, 15) is 25.2 Å². The number of aliphatic carboxylic acids is 1. The molecule has 0 bridgehead atoms. The molecule has 20 heavy (non-hydrogen) atoms. The van der Waals surface area contributed by atoms with Gasteiger partial charge in [-0.05, 0) is 6.42 Å². The first-order valence-corrected chi connectivity index (χ1v) is 6.46. The molecule has 8 heteroatoms. The molecule has 1 aliphatic rings. The number of carboxylic acids is 1. The smallest absolute Gasteiger partial charge is 0.364 e. The highest BCUT2D eigenvalue weighted by atomic mass is 16.7. The van der Waals surface area contributed by atoms with Crippen LogP contribution in [0.2, 0.25) is 0 Å². The number of aliphatic hydroxyl groups excluding tert-OH is 3. The van der Waals surface area contributed by atoms with Crippen LogP contribution in [-0.4, -0.2) is 76.9 Å². The molecule has 1 rings (SSSR count). The second kappa shape index (κ2) is 7.30. The summed E-state index contributed by atoms with van der Waals surface area (Å²) < 4.78 is 15.5. The van der Waals surface area contributed by atoms with Crippen molar-refractivity contribution in [3.63, 3.8) is 0 Å². The van der Waals surface area contributed by atoms with Crippen molar-refractivity contribution in [3.8, 4) is 0 Å². The zero-order valence-corrected chi connectivity index (χ0v) is 11.6. The lowest BCUT2D eigenvalue weighted by Gasteiger charge is -2.44. The van der Waals surface area contributed by atoms with Crippen LogP contribution < -0.4 is 0 Å². The number of hydrogen-bond donors (Lipinski definition) is 4. The summed E-state index contributed by atoms with van der Waals surface area (Å²) in [6.45, 7) is 1.43. The first-order chi connectivity index (χ1) is 9.41. The van der Waals surface area contributed by atoms with Gasteiger partial charge in [-0.3, -0.25) is 0 Å². The van der Waals surface area contributed by atoms with Gasteiger partial charge in [0.05, 0.1) is 19.3 Å². The fraction of sp³-hybridized carbons (Fsp3) is 0.917. The lowest BCUT2D eigenvalue weighted by Crippen LogP contribution is -2.63. The Morgan fingerprint density at radius 2 is 2.15 bits per heavy atom. The van der Waals surface area contributed by atoms with E-state index in [2.05, 4.69) is 0 Å². The van der Waals surface area contributed by atoms with E-state index >= 15 is 0 Å².